The van der Waals surface area contributed by atoms with Gasteiger partial charge in [0, 0.05) is 6.08 Å². The van der Waals surface area contributed by atoms with Gasteiger partial charge in [0.05, 0.1) is 18.2 Å². The lowest BCUT2D eigenvalue weighted by molar-refractivity contribution is -0.137. The second-order valence-corrected chi connectivity index (χ2v) is 3.27. The lowest BCUT2D eigenvalue weighted by Gasteiger charge is -2.00. The molecule has 0 saturated carbocycles. The number of benzene rings is 1. The molecular weight excluding hydrogens is 202 g/mol. The van der Waals surface area contributed by atoms with Crippen molar-refractivity contribution in [3.63, 3.8) is 0 Å². The van der Waals surface area contributed by atoms with Crippen molar-refractivity contribution in [3.8, 4) is 6.07 Å². The standard InChI is InChI=1S/C13H13NO2/c1-3-16-13(15)7-6-12-5-4-11(9-14)8-10(12)2/h4-8H,3H2,1-2H3/b7-6+. The topological polar surface area (TPSA) is 50.1 Å². The summed E-state index contributed by atoms with van der Waals surface area (Å²) < 4.78 is 4.77. The Morgan fingerprint density at radius 1 is 1.56 bits per heavy atom. The van der Waals surface area contributed by atoms with E-state index < -0.39 is 0 Å². The number of nitrogens with zero attached hydrogens (tertiary/aromatic N) is 1. The number of ether oxygens (including phenoxy) is 1. The van der Waals surface area contributed by atoms with Crippen molar-refractivity contribution in [2.45, 2.75) is 13.8 Å². The zero-order valence-electron chi connectivity index (χ0n) is 9.36. The molecule has 0 aromatic heterocycles. The largest absolute Gasteiger partial charge is 0.463 e. The van der Waals surface area contributed by atoms with Gasteiger partial charge >= 0.3 is 5.97 Å². The number of aryl methyl sites for hydroxylation is 1. The summed E-state index contributed by atoms with van der Waals surface area (Å²) in [7, 11) is 0. The van der Waals surface area contributed by atoms with Crippen LogP contribution in [-0.4, -0.2) is 12.6 Å². The summed E-state index contributed by atoms with van der Waals surface area (Å²) in [6.07, 6.45) is 3.08. The maximum atomic E-state index is 11.1. The first-order valence-corrected chi connectivity index (χ1v) is 5.03. The van der Waals surface area contributed by atoms with Gasteiger partial charge in [-0.2, -0.15) is 5.26 Å². The van der Waals surface area contributed by atoms with Gasteiger partial charge in [0.2, 0.25) is 0 Å². The molecule has 0 atom stereocenters. The highest BCUT2D eigenvalue weighted by Gasteiger charge is 1.98. The Bertz CT molecular complexity index is 455. The highest BCUT2D eigenvalue weighted by atomic mass is 16.5. The van der Waals surface area contributed by atoms with Crippen LogP contribution in [0.2, 0.25) is 0 Å². The molecule has 82 valence electrons. The average molecular weight is 215 g/mol. The zero-order valence-corrected chi connectivity index (χ0v) is 9.36. The third-order valence-corrected chi connectivity index (χ3v) is 2.08. The average Bonchev–Trinajstić information content (AvgIpc) is 2.27. The van der Waals surface area contributed by atoms with Crippen LogP contribution in [0.15, 0.2) is 24.3 Å². The van der Waals surface area contributed by atoms with E-state index in [-0.39, 0.29) is 5.97 Å². The van der Waals surface area contributed by atoms with Crippen LogP contribution in [0.3, 0.4) is 0 Å². The fraction of sp³-hybridized carbons (Fsp3) is 0.231. The van der Waals surface area contributed by atoms with Gasteiger partial charge in [0.15, 0.2) is 0 Å². The lowest BCUT2D eigenvalue weighted by Crippen LogP contribution is -1.98. The SMILES string of the molecule is CCOC(=O)/C=C/c1ccc(C#N)cc1C. The Morgan fingerprint density at radius 2 is 2.31 bits per heavy atom. The molecule has 0 unspecified atom stereocenters. The highest BCUT2D eigenvalue weighted by molar-refractivity contribution is 5.87. The number of esters is 1. The van der Waals surface area contributed by atoms with E-state index in [1.54, 1.807) is 25.1 Å². The van der Waals surface area contributed by atoms with Gasteiger partial charge < -0.3 is 4.74 Å². The molecule has 1 rings (SSSR count). The second-order valence-electron chi connectivity index (χ2n) is 3.27. The van der Waals surface area contributed by atoms with Crippen molar-refractivity contribution >= 4 is 12.0 Å². The van der Waals surface area contributed by atoms with Crippen molar-refractivity contribution in [2.24, 2.45) is 0 Å². The van der Waals surface area contributed by atoms with Gasteiger partial charge in [-0.25, -0.2) is 4.79 Å². The molecule has 3 nitrogen and oxygen atoms in total. The van der Waals surface area contributed by atoms with Crippen LogP contribution in [0.25, 0.3) is 6.08 Å². The highest BCUT2D eigenvalue weighted by Crippen LogP contribution is 2.12. The van der Waals surface area contributed by atoms with E-state index in [2.05, 4.69) is 6.07 Å². The van der Waals surface area contributed by atoms with Gasteiger partial charge in [0.1, 0.15) is 0 Å². The second kappa shape index (κ2) is 5.72. The van der Waals surface area contributed by atoms with Crippen LogP contribution in [0.4, 0.5) is 0 Å². The van der Waals surface area contributed by atoms with Crippen molar-refractivity contribution in [1.82, 2.24) is 0 Å². The summed E-state index contributed by atoms with van der Waals surface area (Å²) in [5, 5.41) is 8.70. The fourth-order valence-electron chi connectivity index (χ4n) is 1.28. The lowest BCUT2D eigenvalue weighted by atomic mass is 10.1. The van der Waals surface area contributed by atoms with Gasteiger partial charge in [-0.1, -0.05) is 6.07 Å². The number of hydrogen-bond acceptors (Lipinski definition) is 3. The van der Waals surface area contributed by atoms with Gasteiger partial charge in [-0.15, -0.1) is 0 Å². The number of rotatable bonds is 3. The third-order valence-electron chi connectivity index (χ3n) is 2.08. The molecule has 0 N–H and O–H groups in total. The Morgan fingerprint density at radius 3 is 2.88 bits per heavy atom. The van der Waals surface area contributed by atoms with E-state index in [1.807, 2.05) is 13.0 Å². The first-order valence-electron chi connectivity index (χ1n) is 5.03. The predicted molar refractivity (Wildman–Crippen MR) is 61.6 cm³/mol. The summed E-state index contributed by atoms with van der Waals surface area (Å²) in [4.78, 5) is 11.1. The maximum Gasteiger partial charge on any atom is 0.330 e. The molecule has 0 aliphatic heterocycles. The molecule has 0 spiro atoms. The van der Waals surface area contributed by atoms with E-state index >= 15 is 0 Å². The maximum absolute atomic E-state index is 11.1. The van der Waals surface area contributed by atoms with Gasteiger partial charge in [-0.05, 0) is 43.2 Å². The van der Waals surface area contributed by atoms with Crippen LogP contribution in [0.5, 0.6) is 0 Å². The fourth-order valence-corrected chi connectivity index (χ4v) is 1.28. The number of carbonyl (C=O) groups excluding carboxylic acids is 1. The molecule has 0 bridgehead atoms. The third kappa shape index (κ3) is 3.25. The van der Waals surface area contributed by atoms with Crippen LogP contribution < -0.4 is 0 Å². The van der Waals surface area contributed by atoms with E-state index in [0.29, 0.717) is 12.2 Å². The quantitative estimate of drug-likeness (QED) is 0.574. The Balaban J connectivity index is 2.83. The van der Waals surface area contributed by atoms with Gasteiger partial charge in [0.25, 0.3) is 0 Å². The normalized spacial score (nSPS) is 10.1. The first-order chi connectivity index (χ1) is 7.67. The summed E-state index contributed by atoms with van der Waals surface area (Å²) in [6.45, 7) is 4.03. The molecule has 1 aromatic carbocycles. The van der Waals surface area contributed by atoms with E-state index in [1.165, 1.54) is 6.08 Å². The Kier molecular flexibility index (Phi) is 4.28. The van der Waals surface area contributed by atoms with Crippen LogP contribution in [-0.2, 0) is 9.53 Å². The molecule has 0 heterocycles. The van der Waals surface area contributed by atoms with Crippen molar-refractivity contribution in [1.29, 1.82) is 5.26 Å². The van der Waals surface area contributed by atoms with Crippen LogP contribution in [0, 0.1) is 18.3 Å². The Hall–Kier alpha value is -2.08. The number of carbonyl (C=O) groups is 1. The van der Waals surface area contributed by atoms with E-state index in [0.717, 1.165) is 11.1 Å². The monoisotopic (exact) mass is 215 g/mol. The molecular formula is C13H13NO2. The van der Waals surface area contributed by atoms with Crippen LogP contribution >= 0.6 is 0 Å². The summed E-state index contributed by atoms with van der Waals surface area (Å²) in [5.41, 5.74) is 2.48. The summed E-state index contributed by atoms with van der Waals surface area (Å²) in [6, 6.07) is 7.38. The van der Waals surface area contributed by atoms with Crippen molar-refractivity contribution in [3.05, 3.63) is 41.0 Å². The minimum atomic E-state index is -0.355. The number of nitriles is 1. The smallest absolute Gasteiger partial charge is 0.330 e. The zero-order chi connectivity index (χ0) is 12.0. The minimum absolute atomic E-state index is 0.355. The van der Waals surface area contributed by atoms with Crippen LogP contribution in [0.1, 0.15) is 23.6 Å². The molecule has 3 heteroatoms. The van der Waals surface area contributed by atoms with Gasteiger partial charge in [-0.3, -0.25) is 0 Å². The first kappa shape index (κ1) is 12.0. The molecule has 16 heavy (non-hydrogen) atoms. The molecule has 0 fully saturated rings. The Labute approximate surface area is 95.0 Å². The molecule has 0 aliphatic carbocycles. The molecule has 0 saturated heterocycles. The van der Waals surface area contributed by atoms with E-state index in [4.69, 9.17) is 10.00 Å². The van der Waals surface area contributed by atoms with Crippen molar-refractivity contribution in [2.75, 3.05) is 6.61 Å². The predicted octanol–water partition coefficient (Wildman–Crippen LogP) is 2.44. The molecule has 0 amide bonds. The summed E-state index contributed by atoms with van der Waals surface area (Å²) in [5.74, 6) is -0.355. The van der Waals surface area contributed by atoms with Crippen molar-refractivity contribution < 1.29 is 9.53 Å². The minimum Gasteiger partial charge on any atom is -0.463 e. The molecule has 0 aliphatic rings. The number of hydrogen-bond donors (Lipinski definition) is 0. The van der Waals surface area contributed by atoms with E-state index in [9.17, 15) is 4.79 Å². The molecule has 0 radical (unpaired) electrons. The molecule has 1 aromatic rings. The summed E-state index contributed by atoms with van der Waals surface area (Å²) >= 11 is 0.